The first-order valence-electron chi connectivity index (χ1n) is 9.39. The van der Waals surface area contributed by atoms with Crippen LogP contribution in [0.15, 0.2) is 42.5 Å². The number of amides is 3. The summed E-state index contributed by atoms with van der Waals surface area (Å²) >= 11 is 0. The maximum atomic E-state index is 12.6. The number of likely N-dealkylation sites (tertiary alicyclic amines) is 1. The number of urea groups is 1. The first-order valence-corrected chi connectivity index (χ1v) is 9.39. The van der Waals surface area contributed by atoms with Gasteiger partial charge < -0.3 is 20.9 Å². The lowest BCUT2D eigenvalue weighted by atomic mass is 10.0. The number of rotatable bonds is 2. The highest BCUT2D eigenvalue weighted by Gasteiger charge is 2.26. The van der Waals surface area contributed by atoms with Crippen LogP contribution in [0, 0.1) is 0 Å². The van der Waals surface area contributed by atoms with Gasteiger partial charge in [0.25, 0.3) is 0 Å². The lowest BCUT2D eigenvalue weighted by molar-refractivity contribution is -0.119. The lowest BCUT2D eigenvalue weighted by Gasteiger charge is -2.18. The zero-order chi connectivity index (χ0) is 18.8. The van der Waals surface area contributed by atoms with Crippen molar-refractivity contribution in [2.75, 3.05) is 23.7 Å². The van der Waals surface area contributed by atoms with Gasteiger partial charge in [-0.05, 0) is 48.6 Å². The van der Waals surface area contributed by atoms with Crippen LogP contribution in [-0.2, 0) is 17.6 Å². The number of anilines is 3. The highest BCUT2D eigenvalue weighted by Crippen LogP contribution is 2.31. The van der Waals surface area contributed by atoms with Crippen LogP contribution in [0.5, 0.6) is 0 Å². The van der Waals surface area contributed by atoms with E-state index in [2.05, 4.69) is 40.2 Å². The number of para-hydroxylation sites is 1. The molecular formula is C21H24N4O2. The van der Waals surface area contributed by atoms with Crippen molar-refractivity contribution in [1.82, 2.24) is 10.2 Å². The van der Waals surface area contributed by atoms with Crippen molar-refractivity contribution >= 4 is 29.0 Å². The summed E-state index contributed by atoms with van der Waals surface area (Å²) in [7, 11) is 0. The van der Waals surface area contributed by atoms with Crippen LogP contribution in [-0.4, -0.2) is 36.0 Å². The second-order valence-electron chi connectivity index (χ2n) is 7.22. The molecule has 1 atom stereocenters. The van der Waals surface area contributed by atoms with Crippen LogP contribution in [0.1, 0.15) is 24.5 Å². The third kappa shape index (κ3) is 3.89. The SMILES string of the molecule is CC(=O)N[C@@H]1CCN(C(=O)Nc2ccc3c(c2)Nc2ccccc2CC3)C1. The van der Waals surface area contributed by atoms with E-state index in [1.807, 2.05) is 18.2 Å². The molecule has 0 spiro atoms. The number of nitrogens with one attached hydrogen (secondary N) is 3. The number of hydrogen-bond donors (Lipinski definition) is 3. The van der Waals surface area contributed by atoms with Crippen molar-refractivity contribution in [2.24, 2.45) is 0 Å². The Hall–Kier alpha value is -3.02. The topological polar surface area (TPSA) is 73.5 Å². The molecule has 1 saturated heterocycles. The summed E-state index contributed by atoms with van der Waals surface area (Å²) in [6.07, 6.45) is 2.76. The highest BCUT2D eigenvalue weighted by atomic mass is 16.2. The normalized spacial score (nSPS) is 18.0. The van der Waals surface area contributed by atoms with Crippen molar-refractivity contribution in [3.8, 4) is 0 Å². The van der Waals surface area contributed by atoms with Crippen LogP contribution in [0.4, 0.5) is 21.9 Å². The standard InChI is InChI=1S/C21H24N4O2/c1-14(26)22-18-10-11-25(13-18)21(27)23-17-9-8-16-7-6-15-4-2-3-5-19(15)24-20(16)12-17/h2-5,8-9,12,18,24H,6-7,10-11,13H2,1H3,(H,22,26)(H,23,27)/t18-/m1/s1. The second-order valence-corrected chi connectivity index (χ2v) is 7.22. The number of benzene rings is 2. The van der Waals surface area contributed by atoms with Gasteiger partial charge >= 0.3 is 6.03 Å². The zero-order valence-electron chi connectivity index (χ0n) is 15.4. The van der Waals surface area contributed by atoms with E-state index in [0.29, 0.717) is 13.1 Å². The Morgan fingerprint density at radius 2 is 1.85 bits per heavy atom. The molecule has 0 saturated carbocycles. The van der Waals surface area contributed by atoms with Crippen LogP contribution in [0.2, 0.25) is 0 Å². The minimum atomic E-state index is -0.128. The van der Waals surface area contributed by atoms with Crippen LogP contribution in [0.25, 0.3) is 0 Å². The fourth-order valence-corrected chi connectivity index (χ4v) is 3.82. The summed E-state index contributed by atoms with van der Waals surface area (Å²) < 4.78 is 0. The average molecular weight is 364 g/mol. The summed E-state index contributed by atoms with van der Waals surface area (Å²) in [5, 5.41) is 9.37. The third-order valence-corrected chi connectivity index (χ3v) is 5.19. The second kappa shape index (κ2) is 7.31. The number of hydrogen-bond acceptors (Lipinski definition) is 3. The largest absolute Gasteiger partial charge is 0.355 e. The molecule has 1 fully saturated rings. The van der Waals surface area contributed by atoms with Gasteiger partial charge in [-0.2, -0.15) is 0 Å². The van der Waals surface area contributed by atoms with E-state index in [1.54, 1.807) is 4.90 Å². The quantitative estimate of drug-likeness (QED) is 0.766. The molecule has 3 amide bonds. The number of fused-ring (bicyclic) bond motifs is 2. The molecule has 3 N–H and O–H groups in total. The Kier molecular flexibility index (Phi) is 4.71. The van der Waals surface area contributed by atoms with Gasteiger partial charge in [0.15, 0.2) is 0 Å². The molecular weight excluding hydrogens is 340 g/mol. The van der Waals surface area contributed by atoms with Gasteiger partial charge in [0, 0.05) is 43.1 Å². The molecule has 2 aromatic carbocycles. The molecule has 6 nitrogen and oxygen atoms in total. The van der Waals surface area contributed by atoms with Crippen LogP contribution in [0.3, 0.4) is 0 Å². The van der Waals surface area contributed by atoms with Gasteiger partial charge in [-0.1, -0.05) is 24.3 Å². The van der Waals surface area contributed by atoms with E-state index in [0.717, 1.165) is 36.3 Å². The van der Waals surface area contributed by atoms with E-state index in [9.17, 15) is 9.59 Å². The molecule has 0 radical (unpaired) electrons. The van der Waals surface area contributed by atoms with E-state index in [1.165, 1.54) is 18.1 Å². The molecule has 0 aliphatic carbocycles. The number of carbonyl (C=O) groups is 2. The van der Waals surface area contributed by atoms with Gasteiger partial charge in [0.2, 0.25) is 5.91 Å². The molecule has 2 aliphatic heterocycles. The maximum Gasteiger partial charge on any atom is 0.321 e. The van der Waals surface area contributed by atoms with Gasteiger partial charge in [0.05, 0.1) is 0 Å². The molecule has 0 bridgehead atoms. The van der Waals surface area contributed by atoms with E-state index in [-0.39, 0.29) is 18.0 Å². The molecule has 0 aromatic heterocycles. The average Bonchev–Trinajstić information content (AvgIpc) is 3.01. The predicted molar refractivity (Wildman–Crippen MR) is 106 cm³/mol. The minimum absolute atomic E-state index is 0.0402. The smallest absolute Gasteiger partial charge is 0.321 e. The number of carbonyl (C=O) groups excluding carboxylic acids is 2. The summed E-state index contributed by atoms with van der Waals surface area (Å²) in [6, 6.07) is 14.3. The van der Waals surface area contributed by atoms with Gasteiger partial charge in [-0.15, -0.1) is 0 Å². The molecule has 2 aliphatic rings. The van der Waals surface area contributed by atoms with E-state index in [4.69, 9.17) is 0 Å². The fourth-order valence-electron chi connectivity index (χ4n) is 3.82. The van der Waals surface area contributed by atoms with Crippen molar-refractivity contribution in [3.05, 3.63) is 53.6 Å². The molecule has 6 heteroatoms. The van der Waals surface area contributed by atoms with Crippen molar-refractivity contribution < 1.29 is 9.59 Å². The summed E-state index contributed by atoms with van der Waals surface area (Å²) in [4.78, 5) is 25.5. The van der Waals surface area contributed by atoms with E-state index < -0.39 is 0 Å². The number of aryl methyl sites for hydroxylation is 2. The molecule has 27 heavy (non-hydrogen) atoms. The molecule has 2 aromatic rings. The Labute approximate surface area is 158 Å². The van der Waals surface area contributed by atoms with Crippen LogP contribution < -0.4 is 16.0 Å². The Morgan fingerprint density at radius 3 is 2.67 bits per heavy atom. The zero-order valence-corrected chi connectivity index (χ0v) is 15.4. The van der Waals surface area contributed by atoms with Crippen molar-refractivity contribution in [2.45, 2.75) is 32.2 Å². The van der Waals surface area contributed by atoms with E-state index >= 15 is 0 Å². The minimum Gasteiger partial charge on any atom is -0.355 e. The Morgan fingerprint density at radius 1 is 1.07 bits per heavy atom. The monoisotopic (exact) mass is 364 g/mol. The van der Waals surface area contributed by atoms with Crippen molar-refractivity contribution in [1.29, 1.82) is 0 Å². The third-order valence-electron chi connectivity index (χ3n) is 5.19. The summed E-state index contributed by atoms with van der Waals surface area (Å²) in [5.74, 6) is -0.0561. The van der Waals surface area contributed by atoms with Crippen LogP contribution >= 0.6 is 0 Å². The fraction of sp³-hybridized carbons (Fsp3) is 0.333. The van der Waals surface area contributed by atoms with Gasteiger partial charge in [0.1, 0.15) is 0 Å². The van der Waals surface area contributed by atoms with Crippen molar-refractivity contribution in [3.63, 3.8) is 0 Å². The van der Waals surface area contributed by atoms with Gasteiger partial charge in [-0.3, -0.25) is 4.79 Å². The molecule has 2 heterocycles. The summed E-state index contributed by atoms with van der Waals surface area (Å²) in [6.45, 7) is 2.69. The van der Waals surface area contributed by atoms with Gasteiger partial charge in [-0.25, -0.2) is 4.79 Å². The molecule has 4 rings (SSSR count). The lowest BCUT2D eigenvalue weighted by Crippen LogP contribution is -2.38. The predicted octanol–water partition coefficient (Wildman–Crippen LogP) is 3.27. The highest BCUT2D eigenvalue weighted by molar-refractivity contribution is 5.90. The Balaban J connectivity index is 1.45. The number of nitrogens with zero attached hydrogens (tertiary/aromatic N) is 1. The Bertz CT molecular complexity index is 880. The first kappa shape index (κ1) is 17.4. The molecule has 0 unspecified atom stereocenters. The maximum absolute atomic E-state index is 12.6. The first-order chi connectivity index (χ1) is 13.1. The summed E-state index contributed by atoms with van der Waals surface area (Å²) in [5.41, 5.74) is 5.48. The molecule has 140 valence electrons.